The Labute approximate surface area is 104 Å². The zero-order chi connectivity index (χ0) is 12.5. The summed E-state index contributed by atoms with van der Waals surface area (Å²) in [5, 5.41) is 8.75. The molecule has 0 aliphatic heterocycles. The lowest BCUT2D eigenvalue weighted by Crippen LogP contribution is -2.06. The predicted octanol–water partition coefficient (Wildman–Crippen LogP) is 3.90. The molecule has 1 atom stereocenters. The van der Waals surface area contributed by atoms with Gasteiger partial charge in [-0.1, -0.05) is 50.1 Å². The summed E-state index contributed by atoms with van der Waals surface area (Å²) in [6.07, 6.45) is 5.71. The van der Waals surface area contributed by atoms with Crippen molar-refractivity contribution in [1.82, 2.24) is 0 Å². The second-order valence-corrected chi connectivity index (χ2v) is 4.60. The van der Waals surface area contributed by atoms with Crippen LogP contribution in [0.4, 0.5) is 0 Å². The molecular formula is C15H22O2. The SMILES string of the molecule is CCC(CCCCc1ccccc1)CC(=O)O. The quantitative estimate of drug-likeness (QED) is 0.693. The second-order valence-electron chi connectivity index (χ2n) is 4.60. The summed E-state index contributed by atoms with van der Waals surface area (Å²) < 4.78 is 0. The number of hydrogen-bond donors (Lipinski definition) is 1. The fourth-order valence-electron chi connectivity index (χ4n) is 2.10. The maximum atomic E-state index is 10.6. The number of benzene rings is 1. The molecule has 2 nitrogen and oxygen atoms in total. The Morgan fingerprint density at radius 3 is 2.53 bits per heavy atom. The van der Waals surface area contributed by atoms with E-state index >= 15 is 0 Å². The van der Waals surface area contributed by atoms with Crippen molar-refractivity contribution < 1.29 is 9.90 Å². The van der Waals surface area contributed by atoms with Gasteiger partial charge in [-0.25, -0.2) is 0 Å². The van der Waals surface area contributed by atoms with E-state index in [0.29, 0.717) is 12.3 Å². The van der Waals surface area contributed by atoms with Crippen LogP contribution in [0.2, 0.25) is 0 Å². The number of unbranched alkanes of at least 4 members (excludes halogenated alkanes) is 1. The smallest absolute Gasteiger partial charge is 0.303 e. The van der Waals surface area contributed by atoms with E-state index in [4.69, 9.17) is 5.11 Å². The van der Waals surface area contributed by atoms with E-state index < -0.39 is 5.97 Å². The van der Waals surface area contributed by atoms with Crippen LogP contribution in [0.5, 0.6) is 0 Å². The molecular weight excluding hydrogens is 212 g/mol. The minimum absolute atomic E-state index is 0.321. The highest BCUT2D eigenvalue weighted by atomic mass is 16.4. The van der Waals surface area contributed by atoms with E-state index in [-0.39, 0.29) is 0 Å². The normalized spacial score (nSPS) is 12.3. The van der Waals surface area contributed by atoms with Crippen molar-refractivity contribution in [1.29, 1.82) is 0 Å². The van der Waals surface area contributed by atoms with Crippen molar-refractivity contribution in [2.75, 3.05) is 0 Å². The number of hydrogen-bond acceptors (Lipinski definition) is 1. The zero-order valence-electron chi connectivity index (χ0n) is 10.6. The Bertz CT molecular complexity index is 319. The molecule has 0 spiro atoms. The average Bonchev–Trinajstić information content (AvgIpc) is 2.34. The minimum Gasteiger partial charge on any atom is -0.481 e. The topological polar surface area (TPSA) is 37.3 Å². The fraction of sp³-hybridized carbons (Fsp3) is 0.533. The van der Waals surface area contributed by atoms with Gasteiger partial charge in [0.1, 0.15) is 0 Å². The van der Waals surface area contributed by atoms with Crippen LogP contribution < -0.4 is 0 Å². The van der Waals surface area contributed by atoms with Crippen molar-refractivity contribution in [2.24, 2.45) is 5.92 Å². The lowest BCUT2D eigenvalue weighted by molar-refractivity contribution is -0.138. The molecule has 1 unspecified atom stereocenters. The van der Waals surface area contributed by atoms with Gasteiger partial charge in [0.25, 0.3) is 0 Å². The van der Waals surface area contributed by atoms with Crippen LogP contribution in [-0.2, 0) is 11.2 Å². The van der Waals surface area contributed by atoms with Gasteiger partial charge in [0.15, 0.2) is 0 Å². The highest BCUT2D eigenvalue weighted by Gasteiger charge is 2.10. The van der Waals surface area contributed by atoms with Gasteiger partial charge in [0.2, 0.25) is 0 Å². The molecule has 0 fully saturated rings. The molecule has 1 aromatic carbocycles. The van der Waals surface area contributed by atoms with E-state index in [2.05, 4.69) is 31.2 Å². The maximum absolute atomic E-state index is 10.6. The van der Waals surface area contributed by atoms with Crippen LogP contribution in [0, 0.1) is 5.92 Å². The Hall–Kier alpha value is -1.31. The Balaban J connectivity index is 2.16. The molecule has 1 rings (SSSR count). The van der Waals surface area contributed by atoms with Crippen LogP contribution >= 0.6 is 0 Å². The van der Waals surface area contributed by atoms with E-state index in [1.54, 1.807) is 0 Å². The molecule has 0 aliphatic carbocycles. The van der Waals surface area contributed by atoms with Crippen molar-refractivity contribution in [3.05, 3.63) is 35.9 Å². The van der Waals surface area contributed by atoms with Gasteiger partial charge in [-0.05, 0) is 30.7 Å². The summed E-state index contributed by atoms with van der Waals surface area (Å²) in [7, 11) is 0. The summed E-state index contributed by atoms with van der Waals surface area (Å²) >= 11 is 0. The average molecular weight is 234 g/mol. The summed E-state index contributed by atoms with van der Waals surface area (Å²) in [6.45, 7) is 2.07. The third-order valence-electron chi connectivity index (χ3n) is 3.21. The highest BCUT2D eigenvalue weighted by molar-refractivity contribution is 5.66. The van der Waals surface area contributed by atoms with Gasteiger partial charge in [0, 0.05) is 6.42 Å². The van der Waals surface area contributed by atoms with Gasteiger partial charge in [-0.2, -0.15) is 0 Å². The molecule has 0 heterocycles. The first-order valence-electron chi connectivity index (χ1n) is 6.48. The van der Waals surface area contributed by atoms with Crippen LogP contribution in [0.1, 0.15) is 44.6 Å². The predicted molar refractivity (Wildman–Crippen MR) is 70.0 cm³/mol. The molecule has 0 amide bonds. The van der Waals surface area contributed by atoms with Gasteiger partial charge < -0.3 is 5.11 Å². The number of rotatable bonds is 8. The lowest BCUT2D eigenvalue weighted by Gasteiger charge is -2.11. The molecule has 1 aromatic rings. The van der Waals surface area contributed by atoms with Crippen molar-refractivity contribution in [3.63, 3.8) is 0 Å². The Morgan fingerprint density at radius 2 is 1.94 bits per heavy atom. The maximum Gasteiger partial charge on any atom is 0.303 e. The first kappa shape index (κ1) is 13.8. The molecule has 1 N–H and O–H groups in total. The molecule has 17 heavy (non-hydrogen) atoms. The van der Waals surface area contributed by atoms with Gasteiger partial charge in [-0.3, -0.25) is 4.79 Å². The number of carboxylic acid groups (broad SMARTS) is 1. The molecule has 0 aliphatic rings. The molecule has 0 saturated carbocycles. The number of aryl methyl sites for hydroxylation is 1. The first-order valence-corrected chi connectivity index (χ1v) is 6.48. The van der Waals surface area contributed by atoms with E-state index in [9.17, 15) is 4.79 Å². The van der Waals surface area contributed by atoms with Crippen molar-refractivity contribution in [2.45, 2.75) is 45.4 Å². The Kier molecular flexibility index (Phi) is 6.38. The van der Waals surface area contributed by atoms with E-state index in [1.165, 1.54) is 5.56 Å². The largest absolute Gasteiger partial charge is 0.481 e. The summed E-state index contributed by atoms with van der Waals surface area (Å²) in [5.41, 5.74) is 1.37. The third-order valence-corrected chi connectivity index (χ3v) is 3.21. The fourth-order valence-corrected chi connectivity index (χ4v) is 2.10. The molecule has 0 bridgehead atoms. The molecule has 0 saturated heterocycles. The number of aliphatic carboxylic acids is 1. The second kappa shape index (κ2) is 7.88. The summed E-state index contributed by atoms with van der Waals surface area (Å²) in [4.78, 5) is 10.6. The van der Waals surface area contributed by atoms with Crippen LogP contribution in [-0.4, -0.2) is 11.1 Å². The van der Waals surface area contributed by atoms with Gasteiger partial charge in [0.05, 0.1) is 0 Å². The molecule has 0 aromatic heterocycles. The number of carboxylic acids is 1. The minimum atomic E-state index is -0.667. The summed E-state index contributed by atoms with van der Waals surface area (Å²) in [5.74, 6) is -0.316. The van der Waals surface area contributed by atoms with E-state index in [0.717, 1.165) is 32.1 Å². The van der Waals surface area contributed by atoms with Crippen LogP contribution in [0.15, 0.2) is 30.3 Å². The molecule has 94 valence electrons. The molecule has 2 heteroatoms. The van der Waals surface area contributed by atoms with Crippen molar-refractivity contribution in [3.8, 4) is 0 Å². The highest BCUT2D eigenvalue weighted by Crippen LogP contribution is 2.17. The van der Waals surface area contributed by atoms with E-state index in [1.807, 2.05) is 6.07 Å². The van der Waals surface area contributed by atoms with Gasteiger partial charge >= 0.3 is 5.97 Å². The zero-order valence-corrected chi connectivity index (χ0v) is 10.6. The van der Waals surface area contributed by atoms with Gasteiger partial charge in [-0.15, -0.1) is 0 Å². The lowest BCUT2D eigenvalue weighted by atomic mass is 9.94. The monoisotopic (exact) mass is 234 g/mol. The van der Waals surface area contributed by atoms with Crippen LogP contribution in [0.25, 0.3) is 0 Å². The van der Waals surface area contributed by atoms with Crippen molar-refractivity contribution >= 4 is 5.97 Å². The molecule has 0 radical (unpaired) electrons. The number of carbonyl (C=O) groups is 1. The third kappa shape index (κ3) is 6.10. The summed E-state index contributed by atoms with van der Waals surface area (Å²) in [6, 6.07) is 10.5. The van der Waals surface area contributed by atoms with Crippen LogP contribution in [0.3, 0.4) is 0 Å². The Morgan fingerprint density at radius 1 is 1.24 bits per heavy atom. The standard InChI is InChI=1S/C15H22O2/c1-2-13(12-15(16)17)8-6-7-11-14-9-4-3-5-10-14/h3-5,9-10,13H,2,6-8,11-12H2,1H3,(H,16,17). The first-order chi connectivity index (χ1) is 8.22.